The predicted molar refractivity (Wildman–Crippen MR) is 61.5 cm³/mol. The fourth-order valence-corrected chi connectivity index (χ4v) is 1.47. The van der Waals surface area contributed by atoms with Crippen LogP contribution < -0.4 is 0 Å². The molecule has 0 aromatic heterocycles. The zero-order valence-corrected chi connectivity index (χ0v) is 8.95. The second-order valence-corrected chi connectivity index (χ2v) is 3.36. The van der Waals surface area contributed by atoms with E-state index in [0.29, 0.717) is 11.1 Å². The Labute approximate surface area is 89.6 Å². The molecular formula is C13H14O2. The molecule has 1 N–H and O–H groups in total. The third-order valence-corrected chi connectivity index (χ3v) is 2.14. The Kier molecular flexibility index (Phi) is 3.45. The molecule has 2 nitrogen and oxygen atoms in total. The smallest absolute Gasteiger partial charge is 0.163 e. The highest BCUT2D eigenvalue weighted by molar-refractivity contribution is 6.08. The minimum atomic E-state index is -0.177. The number of benzene rings is 1. The van der Waals surface area contributed by atoms with Gasteiger partial charge < -0.3 is 5.11 Å². The van der Waals surface area contributed by atoms with Crippen molar-refractivity contribution in [2.24, 2.45) is 0 Å². The zero-order chi connectivity index (χ0) is 11.4. The van der Waals surface area contributed by atoms with Gasteiger partial charge >= 0.3 is 0 Å². The fourth-order valence-electron chi connectivity index (χ4n) is 1.47. The molecule has 0 bridgehead atoms. The molecular weight excluding hydrogens is 188 g/mol. The van der Waals surface area contributed by atoms with Crippen LogP contribution in [0.15, 0.2) is 48.2 Å². The molecule has 1 aromatic rings. The van der Waals surface area contributed by atoms with E-state index < -0.39 is 0 Å². The van der Waals surface area contributed by atoms with Crippen LogP contribution in [0.25, 0.3) is 5.57 Å². The molecule has 0 fully saturated rings. The molecule has 0 unspecified atom stereocenters. The van der Waals surface area contributed by atoms with Crippen molar-refractivity contribution >= 4 is 11.4 Å². The average Bonchev–Trinajstić information content (AvgIpc) is 2.18. The monoisotopic (exact) mass is 202 g/mol. The Bertz CT molecular complexity index is 409. The zero-order valence-electron chi connectivity index (χ0n) is 8.95. The van der Waals surface area contributed by atoms with Gasteiger partial charge in [-0.15, -0.1) is 0 Å². The molecule has 78 valence electrons. The number of aliphatic hydroxyl groups excluding tert-OH is 1. The van der Waals surface area contributed by atoms with Crippen molar-refractivity contribution in [1.29, 1.82) is 0 Å². The van der Waals surface area contributed by atoms with E-state index >= 15 is 0 Å². The van der Waals surface area contributed by atoms with Crippen LogP contribution in [-0.4, -0.2) is 10.9 Å². The quantitative estimate of drug-likeness (QED) is 0.464. The minimum absolute atomic E-state index is 0.0105. The lowest BCUT2D eigenvalue weighted by Crippen LogP contribution is -2.02. The van der Waals surface area contributed by atoms with Crippen molar-refractivity contribution in [3.63, 3.8) is 0 Å². The van der Waals surface area contributed by atoms with E-state index in [1.807, 2.05) is 30.3 Å². The molecule has 0 atom stereocenters. The maximum atomic E-state index is 11.3. The van der Waals surface area contributed by atoms with E-state index in [1.54, 1.807) is 0 Å². The highest BCUT2D eigenvalue weighted by atomic mass is 16.3. The van der Waals surface area contributed by atoms with Crippen LogP contribution in [0.2, 0.25) is 0 Å². The predicted octanol–water partition coefficient (Wildman–Crippen LogP) is 3.12. The standard InChI is InChI=1S/C13H14O2/c1-9(12-7-5-4-6-8-12)13(10(2)14)11(3)15/h4-8,14H,1H2,2-3H3/b13-10-. The first kappa shape index (κ1) is 11.2. The molecule has 0 amide bonds. The summed E-state index contributed by atoms with van der Waals surface area (Å²) in [6.07, 6.45) is 0. The summed E-state index contributed by atoms with van der Waals surface area (Å²) in [4.78, 5) is 11.3. The Hall–Kier alpha value is -1.83. The summed E-state index contributed by atoms with van der Waals surface area (Å²) in [6.45, 7) is 6.74. The summed E-state index contributed by atoms with van der Waals surface area (Å²) in [5.74, 6) is -0.166. The van der Waals surface area contributed by atoms with E-state index in [2.05, 4.69) is 6.58 Å². The van der Waals surface area contributed by atoms with E-state index in [1.165, 1.54) is 13.8 Å². The molecule has 0 aliphatic heterocycles. The first-order chi connectivity index (χ1) is 7.04. The van der Waals surface area contributed by atoms with Crippen LogP contribution in [0, 0.1) is 0 Å². The first-order valence-electron chi connectivity index (χ1n) is 4.69. The summed E-state index contributed by atoms with van der Waals surface area (Å²) in [7, 11) is 0. The molecule has 2 heteroatoms. The molecule has 0 saturated heterocycles. The van der Waals surface area contributed by atoms with Gasteiger partial charge in [0.2, 0.25) is 0 Å². The lowest BCUT2D eigenvalue weighted by Gasteiger charge is -2.08. The van der Waals surface area contributed by atoms with Gasteiger partial charge in [-0.1, -0.05) is 36.9 Å². The normalized spacial score (nSPS) is 11.9. The molecule has 0 saturated carbocycles. The molecule has 15 heavy (non-hydrogen) atoms. The van der Waals surface area contributed by atoms with Crippen LogP contribution in [-0.2, 0) is 4.79 Å². The van der Waals surface area contributed by atoms with E-state index in [-0.39, 0.29) is 11.5 Å². The summed E-state index contributed by atoms with van der Waals surface area (Å²) < 4.78 is 0. The molecule has 1 rings (SSSR count). The Morgan fingerprint density at radius 1 is 1.20 bits per heavy atom. The van der Waals surface area contributed by atoms with Gasteiger partial charge in [-0.25, -0.2) is 0 Å². The summed E-state index contributed by atoms with van der Waals surface area (Å²) in [5.41, 5.74) is 1.69. The van der Waals surface area contributed by atoms with E-state index in [0.717, 1.165) is 5.56 Å². The van der Waals surface area contributed by atoms with Gasteiger partial charge in [0.25, 0.3) is 0 Å². The topological polar surface area (TPSA) is 37.3 Å². The van der Waals surface area contributed by atoms with Crippen LogP contribution >= 0.6 is 0 Å². The lowest BCUT2D eigenvalue weighted by atomic mass is 9.96. The third-order valence-electron chi connectivity index (χ3n) is 2.14. The fraction of sp³-hybridized carbons (Fsp3) is 0.154. The van der Waals surface area contributed by atoms with Gasteiger partial charge in [-0.3, -0.25) is 4.79 Å². The number of carbonyl (C=O) groups excluding carboxylic acids is 1. The van der Waals surface area contributed by atoms with Crippen LogP contribution in [0.5, 0.6) is 0 Å². The van der Waals surface area contributed by atoms with Crippen LogP contribution in [0.3, 0.4) is 0 Å². The number of Topliss-reactive ketones (excluding diaryl/α,β-unsaturated/α-hetero) is 1. The molecule has 1 aromatic carbocycles. The summed E-state index contributed by atoms with van der Waals surface area (Å²) >= 11 is 0. The van der Waals surface area contributed by atoms with E-state index in [9.17, 15) is 9.90 Å². The van der Waals surface area contributed by atoms with Crippen molar-refractivity contribution in [2.75, 3.05) is 0 Å². The van der Waals surface area contributed by atoms with Gasteiger partial charge in [0, 0.05) is 0 Å². The number of carbonyl (C=O) groups is 1. The number of ketones is 1. The molecule has 0 heterocycles. The van der Waals surface area contributed by atoms with Crippen molar-refractivity contribution in [2.45, 2.75) is 13.8 Å². The van der Waals surface area contributed by atoms with E-state index in [4.69, 9.17) is 0 Å². The van der Waals surface area contributed by atoms with Crippen molar-refractivity contribution < 1.29 is 9.90 Å². The Morgan fingerprint density at radius 3 is 2.13 bits per heavy atom. The maximum Gasteiger partial charge on any atom is 0.163 e. The van der Waals surface area contributed by atoms with Crippen molar-refractivity contribution in [1.82, 2.24) is 0 Å². The van der Waals surface area contributed by atoms with Crippen LogP contribution in [0.4, 0.5) is 0 Å². The molecule has 0 aliphatic rings. The van der Waals surface area contributed by atoms with Crippen molar-refractivity contribution in [3.8, 4) is 0 Å². The second-order valence-electron chi connectivity index (χ2n) is 3.36. The van der Waals surface area contributed by atoms with Crippen molar-refractivity contribution in [3.05, 3.63) is 53.8 Å². The van der Waals surface area contributed by atoms with Gasteiger partial charge in [-0.2, -0.15) is 0 Å². The highest BCUT2D eigenvalue weighted by Crippen LogP contribution is 2.23. The molecule has 0 spiro atoms. The third kappa shape index (κ3) is 2.56. The van der Waals surface area contributed by atoms with Gasteiger partial charge in [0.1, 0.15) is 5.76 Å². The van der Waals surface area contributed by atoms with Crippen LogP contribution in [0.1, 0.15) is 19.4 Å². The summed E-state index contributed by atoms with van der Waals surface area (Å²) in [6, 6.07) is 9.33. The molecule has 0 aliphatic carbocycles. The number of allylic oxidation sites excluding steroid dienone is 3. The number of rotatable bonds is 3. The average molecular weight is 202 g/mol. The largest absolute Gasteiger partial charge is 0.512 e. The SMILES string of the molecule is C=C(/C(C(C)=O)=C(\C)O)c1ccccc1. The maximum absolute atomic E-state index is 11.3. The Morgan fingerprint density at radius 2 is 1.73 bits per heavy atom. The number of hydrogen-bond donors (Lipinski definition) is 1. The van der Waals surface area contributed by atoms with Gasteiger partial charge in [-0.05, 0) is 25.0 Å². The van der Waals surface area contributed by atoms with Gasteiger partial charge in [0.15, 0.2) is 5.78 Å². The lowest BCUT2D eigenvalue weighted by molar-refractivity contribution is -0.113. The number of hydrogen-bond acceptors (Lipinski definition) is 2. The summed E-state index contributed by atoms with van der Waals surface area (Å²) in [5, 5.41) is 9.41. The molecule has 0 radical (unpaired) electrons. The highest BCUT2D eigenvalue weighted by Gasteiger charge is 2.13. The minimum Gasteiger partial charge on any atom is -0.512 e. The Balaban J connectivity index is 3.15. The van der Waals surface area contributed by atoms with Gasteiger partial charge in [0.05, 0.1) is 5.57 Å². The second kappa shape index (κ2) is 4.60. The first-order valence-corrected chi connectivity index (χ1v) is 4.69. The number of aliphatic hydroxyl groups is 1.